The Morgan fingerprint density at radius 2 is 1.76 bits per heavy atom. The van der Waals surface area contributed by atoms with Gasteiger partial charge in [0.1, 0.15) is 0 Å². The van der Waals surface area contributed by atoms with Crippen LogP contribution in [0.5, 0.6) is 0 Å². The molecule has 0 fully saturated rings. The molecule has 0 radical (unpaired) electrons. The summed E-state index contributed by atoms with van der Waals surface area (Å²) in [6, 6.07) is 4.93. The zero-order valence-corrected chi connectivity index (χ0v) is 13.0. The second-order valence-electron chi connectivity index (χ2n) is 5.16. The number of carbonyl (C=O) groups is 2. The molecule has 2 amide bonds. The first kappa shape index (κ1) is 17.2. The van der Waals surface area contributed by atoms with E-state index in [2.05, 4.69) is 10.6 Å². The van der Waals surface area contributed by atoms with Crippen molar-refractivity contribution in [2.24, 2.45) is 5.73 Å². The molecular weight excluding hydrogens is 266 g/mol. The smallest absolute Gasteiger partial charge is 0.241 e. The number of benzene rings is 1. The van der Waals surface area contributed by atoms with E-state index in [1.807, 2.05) is 26.8 Å². The lowest BCUT2D eigenvalue weighted by Crippen LogP contribution is -2.35. The highest BCUT2D eigenvalue weighted by molar-refractivity contribution is 5.97. The summed E-state index contributed by atoms with van der Waals surface area (Å²) in [6.45, 7) is 5.81. The highest BCUT2D eigenvalue weighted by atomic mass is 16.2. The summed E-state index contributed by atoms with van der Waals surface area (Å²) in [7, 11) is 0. The Balaban J connectivity index is 2.80. The Morgan fingerprint density at radius 3 is 2.33 bits per heavy atom. The highest BCUT2D eigenvalue weighted by Crippen LogP contribution is 2.23. The number of hydrogen-bond donors (Lipinski definition) is 3. The van der Waals surface area contributed by atoms with E-state index in [0.717, 1.165) is 24.1 Å². The average Bonchev–Trinajstić information content (AvgIpc) is 2.43. The van der Waals surface area contributed by atoms with Gasteiger partial charge in [0, 0.05) is 17.8 Å². The summed E-state index contributed by atoms with van der Waals surface area (Å²) >= 11 is 0. The van der Waals surface area contributed by atoms with Gasteiger partial charge in [0.05, 0.1) is 6.04 Å². The molecule has 116 valence electrons. The van der Waals surface area contributed by atoms with Gasteiger partial charge < -0.3 is 16.4 Å². The Hall–Kier alpha value is -1.88. The Morgan fingerprint density at radius 1 is 1.14 bits per heavy atom. The fourth-order valence-electron chi connectivity index (χ4n) is 2.01. The minimum atomic E-state index is -0.507. The third kappa shape index (κ3) is 5.19. The van der Waals surface area contributed by atoms with E-state index in [1.165, 1.54) is 0 Å². The van der Waals surface area contributed by atoms with Gasteiger partial charge in [0.15, 0.2) is 0 Å². The van der Waals surface area contributed by atoms with Crippen LogP contribution in [0.15, 0.2) is 18.2 Å². The lowest BCUT2D eigenvalue weighted by molar-refractivity contribution is -0.117. The number of hydrogen-bond acceptors (Lipinski definition) is 3. The van der Waals surface area contributed by atoms with Gasteiger partial charge in [0.25, 0.3) is 0 Å². The predicted octanol–water partition coefficient (Wildman–Crippen LogP) is 2.80. The van der Waals surface area contributed by atoms with E-state index >= 15 is 0 Å². The van der Waals surface area contributed by atoms with Crippen LogP contribution < -0.4 is 16.4 Å². The van der Waals surface area contributed by atoms with Crippen molar-refractivity contribution in [3.63, 3.8) is 0 Å². The predicted molar refractivity (Wildman–Crippen MR) is 86.2 cm³/mol. The SMILES string of the molecule is CCCC(=O)Nc1cccc(NC(=O)C(N)CCC)c1C. The van der Waals surface area contributed by atoms with Crippen molar-refractivity contribution < 1.29 is 9.59 Å². The summed E-state index contributed by atoms with van der Waals surface area (Å²) < 4.78 is 0. The molecule has 1 unspecified atom stereocenters. The molecule has 0 aliphatic heterocycles. The molecule has 21 heavy (non-hydrogen) atoms. The Kier molecular flexibility index (Phi) is 6.88. The summed E-state index contributed by atoms with van der Waals surface area (Å²) in [5, 5.41) is 5.68. The van der Waals surface area contributed by atoms with E-state index in [1.54, 1.807) is 12.1 Å². The summed E-state index contributed by atoms with van der Waals surface area (Å²) in [4.78, 5) is 23.6. The van der Waals surface area contributed by atoms with Gasteiger partial charge in [0.2, 0.25) is 11.8 Å². The first-order chi connectivity index (χ1) is 9.99. The van der Waals surface area contributed by atoms with Gasteiger partial charge in [-0.05, 0) is 37.5 Å². The van der Waals surface area contributed by atoms with Crippen LogP contribution >= 0.6 is 0 Å². The topological polar surface area (TPSA) is 84.2 Å². The number of anilines is 2. The molecule has 1 aromatic carbocycles. The van der Waals surface area contributed by atoms with Gasteiger partial charge in [-0.3, -0.25) is 9.59 Å². The molecule has 1 rings (SSSR count). The minimum Gasteiger partial charge on any atom is -0.326 e. The molecule has 0 aromatic heterocycles. The third-order valence-electron chi connectivity index (χ3n) is 3.28. The molecular formula is C16H25N3O2. The molecule has 0 saturated heterocycles. The maximum atomic E-state index is 12.0. The van der Waals surface area contributed by atoms with Crippen LogP contribution in [-0.2, 0) is 9.59 Å². The van der Waals surface area contributed by atoms with Crippen molar-refractivity contribution in [3.05, 3.63) is 23.8 Å². The maximum absolute atomic E-state index is 12.0. The number of nitrogens with two attached hydrogens (primary N) is 1. The van der Waals surface area contributed by atoms with Gasteiger partial charge in [-0.2, -0.15) is 0 Å². The summed E-state index contributed by atoms with van der Waals surface area (Å²) in [5.41, 5.74) is 8.03. The molecule has 0 bridgehead atoms. The summed E-state index contributed by atoms with van der Waals surface area (Å²) in [6.07, 6.45) is 2.79. The Bertz CT molecular complexity index is 500. The fraction of sp³-hybridized carbons (Fsp3) is 0.500. The van der Waals surface area contributed by atoms with E-state index in [-0.39, 0.29) is 11.8 Å². The van der Waals surface area contributed by atoms with E-state index in [9.17, 15) is 9.59 Å². The standard InChI is InChI=1S/C16H25N3O2/c1-4-7-12(17)16(21)19-14-10-6-9-13(11(14)3)18-15(20)8-5-2/h6,9-10,12H,4-5,7-8,17H2,1-3H3,(H,18,20)(H,19,21). The van der Waals surface area contributed by atoms with Crippen LogP contribution in [0.4, 0.5) is 11.4 Å². The minimum absolute atomic E-state index is 0.0215. The monoisotopic (exact) mass is 291 g/mol. The van der Waals surface area contributed by atoms with Crippen molar-refractivity contribution >= 4 is 23.2 Å². The van der Waals surface area contributed by atoms with Crippen molar-refractivity contribution in [2.75, 3.05) is 10.6 Å². The highest BCUT2D eigenvalue weighted by Gasteiger charge is 2.14. The van der Waals surface area contributed by atoms with Gasteiger partial charge >= 0.3 is 0 Å². The lowest BCUT2D eigenvalue weighted by atomic mass is 10.1. The quantitative estimate of drug-likeness (QED) is 0.722. The third-order valence-corrected chi connectivity index (χ3v) is 3.28. The molecule has 5 heteroatoms. The molecule has 0 aliphatic carbocycles. The van der Waals surface area contributed by atoms with Crippen LogP contribution in [0, 0.1) is 6.92 Å². The molecule has 0 aliphatic rings. The molecule has 0 saturated carbocycles. The zero-order valence-electron chi connectivity index (χ0n) is 13.0. The molecule has 1 aromatic rings. The normalized spacial score (nSPS) is 11.8. The van der Waals surface area contributed by atoms with Crippen LogP contribution in [0.25, 0.3) is 0 Å². The van der Waals surface area contributed by atoms with Crippen molar-refractivity contribution in [1.82, 2.24) is 0 Å². The van der Waals surface area contributed by atoms with E-state index in [4.69, 9.17) is 5.73 Å². The second kappa shape index (κ2) is 8.42. The van der Waals surface area contributed by atoms with Gasteiger partial charge in [-0.25, -0.2) is 0 Å². The molecule has 0 heterocycles. The number of amides is 2. The van der Waals surface area contributed by atoms with Crippen LogP contribution in [0.2, 0.25) is 0 Å². The molecule has 0 spiro atoms. The number of nitrogens with one attached hydrogen (secondary N) is 2. The second-order valence-corrected chi connectivity index (χ2v) is 5.16. The lowest BCUT2D eigenvalue weighted by Gasteiger charge is -2.15. The first-order valence-corrected chi connectivity index (χ1v) is 7.45. The van der Waals surface area contributed by atoms with Crippen LogP contribution in [-0.4, -0.2) is 17.9 Å². The van der Waals surface area contributed by atoms with Gasteiger partial charge in [-0.15, -0.1) is 0 Å². The van der Waals surface area contributed by atoms with Crippen molar-refractivity contribution in [1.29, 1.82) is 0 Å². The Labute approximate surface area is 126 Å². The van der Waals surface area contributed by atoms with E-state index in [0.29, 0.717) is 18.5 Å². The molecule has 5 nitrogen and oxygen atoms in total. The zero-order chi connectivity index (χ0) is 15.8. The van der Waals surface area contributed by atoms with E-state index < -0.39 is 6.04 Å². The van der Waals surface area contributed by atoms with Crippen molar-refractivity contribution in [2.45, 2.75) is 52.5 Å². The number of rotatable bonds is 7. The van der Waals surface area contributed by atoms with Crippen molar-refractivity contribution in [3.8, 4) is 0 Å². The summed E-state index contributed by atoms with van der Waals surface area (Å²) in [5.74, 6) is -0.219. The van der Waals surface area contributed by atoms with Gasteiger partial charge in [-0.1, -0.05) is 26.3 Å². The van der Waals surface area contributed by atoms with Crippen LogP contribution in [0.3, 0.4) is 0 Å². The average molecular weight is 291 g/mol. The fourth-order valence-corrected chi connectivity index (χ4v) is 2.01. The number of carbonyl (C=O) groups excluding carboxylic acids is 2. The first-order valence-electron chi connectivity index (χ1n) is 7.45. The molecule has 1 atom stereocenters. The maximum Gasteiger partial charge on any atom is 0.241 e. The van der Waals surface area contributed by atoms with Crippen LogP contribution in [0.1, 0.15) is 45.1 Å². The largest absolute Gasteiger partial charge is 0.326 e. The molecule has 4 N–H and O–H groups in total.